The van der Waals surface area contributed by atoms with E-state index in [0.29, 0.717) is 0 Å². The second kappa shape index (κ2) is 7.31. The van der Waals surface area contributed by atoms with Crippen LogP contribution in [0.1, 0.15) is 0 Å². The lowest BCUT2D eigenvalue weighted by molar-refractivity contribution is -0.607. The minimum Gasteiger partial charge on any atom is -0.617 e. The first kappa shape index (κ1) is 16.5. The van der Waals surface area contributed by atoms with Gasteiger partial charge in [0.2, 0.25) is 5.15 Å². The number of hydrogen-bond acceptors (Lipinski definition) is 6. The van der Waals surface area contributed by atoms with Crippen LogP contribution >= 0.6 is 23.2 Å². The van der Waals surface area contributed by atoms with E-state index in [9.17, 15) is 25.4 Å². The van der Waals surface area contributed by atoms with Gasteiger partial charge in [-0.25, -0.2) is 4.98 Å². The fourth-order valence-electron chi connectivity index (χ4n) is 1.11. The molecule has 2 aromatic heterocycles. The lowest BCUT2D eigenvalue weighted by atomic mass is 10.4. The Hall–Kier alpha value is -2.52. The van der Waals surface area contributed by atoms with Gasteiger partial charge in [0, 0.05) is 24.4 Å². The maximum atomic E-state index is 10.6. The van der Waals surface area contributed by atoms with E-state index >= 15 is 0 Å². The van der Waals surface area contributed by atoms with Gasteiger partial charge >= 0.3 is 16.5 Å². The highest BCUT2D eigenvalue weighted by molar-refractivity contribution is 6.31. The Balaban J connectivity index is 0.000000211. The van der Waals surface area contributed by atoms with Gasteiger partial charge in [-0.1, -0.05) is 11.6 Å². The van der Waals surface area contributed by atoms with Crippen molar-refractivity contribution >= 4 is 34.6 Å². The Kier molecular flexibility index (Phi) is 5.76. The summed E-state index contributed by atoms with van der Waals surface area (Å²) in [6, 6.07) is 5.19. The van der Waals surface area contributed by atoms with Gasteiger partial charge in [-0.3, -0.25) is 20.2 Å². The Morgan fingerprint density at radius 3 is 2.05 bits per heavy atom. The molecule has 0 saturated heterocycles. The number of pyridine rings is 2. The van der Waals surface area contributed by atoms with Gasteiger partial charge in [-0.15, -0.1) is 0 Å². The zero-order valence-corrected chi connectivity index (χ0v) is 11.6. The fraction of sp³-hybridized carbons (Fsp3) is 0. The van der Waals surface area contributed by atoms with Crippen molar-refractivity contribution in [3.8, 4) is 0 Å². The third-order valence-electron chi connectivity index (χ3n) is 2.01. The Morgan fingerprint density at radius 1 is 1.05 bits per heavy atom. The summed E-state index contributed by atoms with van der Waals surface area (Å²) < 4.78 is 0.236. The number of nitro groups is 2. The molecular weight excluding hydrogens is 327 g/mol. The molecule has 0 aromatic carbocycles. The van der Waals surface area contributed by atoms with E-state index in [1.54, 1.807) is 0 Å². The zero-order valence-electron chi connectivity index (χ0n) is 10.1. The van der Waals surface area contributed by atoms with Gasteiger partial charge < -0.3 is 5.21 Å². The minimum atomic E-state index is -0.712. The van der Waals surface area contributed by atoms with Crippen LogP contribution in [0.25, 0.3) is 0 Å². The van der Waals surface area contributed by atoms with Gasteiger partial charge in [0.05, 0.1) is 9.85 Å². The second-order valence-corrected chi connectivity index (χ2v) is 4.05. The molecule has 0 aliphatic heterocycles. The molecule has 0 spiro atoms. The standard InChI is InChI=1S/C5H3ClN2O3.C5H3ClN2O2/c6-5-4(8(10)11)2-1-3-7(5)9;6-5-4(8(9)10)2-1-3-7-5/h1-3H;1-3H. The van der Waals surface area contributed by atoms with Crippen LogP contribution in [0.2, 0.25) is 10.3 Å². The zero-order chi connectivity index (χ0) is 16.0. The van der Waals surface area contributed by atoms with Crippen molar-refractivity contribution in [2.24, 2.45) is 0 Å². The highest BCUT2D eigenvalue weighted by Crippen LogP contribution is 2.19. The molecule has 0 atom stereocenters. The van der Waals surface area contributed by atoms with Crippen LogP contribution in [0.5, 0.6) is 0 Å². The molecule has 2 heterocycles. The van der Waals surface area contributed by atoms with Gasteiger partial charge in [0.15, 0.2) is 6.20 Å². The van der Waals surface area contributed by atoms with Crippen molar-refractivity contribution in [1.82, 2.24) is 4.98 Å². The molecule has 0 aliphatic rings. The summed E-state index contributed by atoms with van der Waals surface area (Å²) in [6.07, 6.45) is 2.49. The van der Waals surface area contributed by atoms with E-state index in [2.05, 4.69) is 4.98 Å². The first-order chi connectivity index (χ1) is 9.84. The molecule has 110 valence electrons. The number of nitrogens with zero attached hydrogens (tertiary/aromatic N) is 4. The molecule has 0 amide bonds. The van der Waals surface area contributed by atoms with Crippen LogP contribution in [-0.4, -0.2) is 14.8 Å². The molecular formula is C10H6Cl2N4O5. The largest absolute Gasteiger partial charge is 0.617 e. The molecule has 2 rings (SSSR count). The van der Waals surface area contributed by atoms with Gasteiger partial charge in [-0.2, -0.15) is 4.73 Å². The predicted octanol–water partition coefficient (Wildman–Crippen LogP) is 2.52. The number of rotatable bonds is 2. The van der Waals surface area contributed by atoms with E-state index in [-0.39, 0.29) is 21.3 Å². The van der Waals surface area contributed by atoms with E-state index in [1.807, 2.05) is 0 Å². The Labute approximate surface area is 127 Å². The highest BCUT2D eigenvalue weighted by Gasteiger charge is 2.19. The van der Waals surface area contributed by atoms with Gasteiger partial charge in [-0.05, 0) is 17.7 Å². The molecule has 0 aliphatic carbocycles. The first-order valence-electron chi connectivity index (χ1n) is 5.11. The molecule has 21 heavy (non-hydrogen) atoms. The Bertz CT molecular complexity index is 682. The minimum absolute atomic E-state index is 0.0764. The molecule has 0 fully saturated rings. The van der Waals surface area contributed by atoms with Crippen molar-refractivity contribution in [2.75, 3.05) is 0 Å². The van der Waals surface area contributed by atoms with Crippen LogP contribution in [0.3, 0.4) is 0 Å². The Morgan fingerprint density at radius 2 is 1.62 bits per heavy atom. The van der Waals surface area contributed by atoms with Crippen LogP contribution in [-0.2, 0) is 0 Å². The number of hydrogen-bond donors (Lipinski definition) is 0. The van der Waals surface area contributed by atoms with Crippen LogP contribution in [0, 0.1) is 25.4 Å². The summed E-state index contributed by atoms with van der Waals surface area (Å²) in [5.41, 5.74) is -0.548. The molecule has 0 bridgehead atoms. The average molecular weight is 333 g/mol. The van der Waals surface area contributed by atoms with Crippen LogP contribution < -0.4 is 4.73 Å². The van der Waals surface area contributed by atoms with Crippen molar-refractivity contribution in [2.45, 2.75) is 0 Å². The van der Waals surface area contributed by atoms with E-state index in [4.69, 9.17) is 23.2 Å². The van der Waals surface area contributed by atoms with E-state index in [1.165, 1.54) is 24.4 Å². The summed E-state index contributed by atoms with van der Waals surface area (Å²) in [5, 5.41) is 30.4. The first-order valence-corrected chi connectivity index (χ1v) is 5.87. The van der Waals surface area contributed by atoms with Crippen molar-refractivity contribution < 1.29 is 14.6 Å². The second-order valence-electron chi connectivity index (χ2n) is 3.34. The smallest absolute Gasteiger partial charge is 0.364 e. The molecule has 0 radical (unpaired) electrons. The van der Waals surface area contributed by atoms with Crippen molar-refractivity contribution in [3.05, 3.63) is 72.4 Å². The predicted molar refractivity (Wildman–Crippen MR) is 73.0 cm³/mol. The van der Waals surface area contributed by atoms with Crippen LogP contribution in [0.15, 0.2) is 36.7 Å². The monoisotopic (exact) mass is 332 g/mol. The summed E-state index contributed by atoms with van der Waals surface area (Å²) in [5.74, 6) is 0. The topological polar surface area (TPSA) is 126 Å². The maximum absolute atomic E-state index is 10.6. The van der Waals surface area contributed by atoms with Gasteiger partial charge in [0.1, 0.15) is 0 Å². The molecule has 0 saturated carbocycles. The lowest BCUT2D eigenvalue weighted by Crippen LogP contribution is -2.27. The summed E-state index contributed by atoms with van der Waals surface area (Å²) in [7, 11) is 0. The number of halogens is 2. The SMILES string of the molecule is O=[N+]([O-])c1ccc[n+]([O-])c1Cl.O=[N+]([O-])c1cccnc1Cl. The van der Waals surface area contributed by atoms with Crippen molar-refractivity contribution in [1.29, 1.82) is 0 Å². The maximum Gasteiger partial charge on any atom is 0.364 e. The summed E-state index contributed by atoms with van der Waals surface area (Å²) in [6.45, 7) is 0. The van der Waals surface area contributed by atoms with Gasteiger partial charge in [0.25, 0.3) is 0 Å². The lowest BCUT2D eigenvalue weighted by Gasteiger charge is -1.96. The third-order valence-corrected chi connectivity index (χ3v) is 2.66. The fourth-order valence-corrected chi connectivity index (χ4v) is 1.49. The summed E-state index contributed by atoms with van der Waals surface area (Å²) in [4.78, 5) is 22.5. The molecule has 2 aromatic rings. The van der Waals surface area contributed by atoms with Crippen molar-refractivity contribution in [3.63, 3.8) is 0 Å². The molecule has 9 nitrogen and oxygen atoms in total. The van der Waals surface area contributed by atoms with Crippen LogP contribution in [0.4, 0.5) is 11.4 Å². The molecule has 0 N–H and O–H groups in total. The summed E-state index contributed by atoms with van der Waals surface area (Å²) >= 11 is 10.7. The quantitative estimate of drug-likeness (QED) is 0.273. The molecule has 11 heteroatoms. The third kappa shape index (κ3) is 4.51. The average Bonchev–Trinajstić information content (AvgIpc) is 2.42. The van der Waals surface area contributed by atoms with E-state index < -0.39 is 15.0 Å². The normalized spacial score (nSPS) is 9.43. The van der Waals surface area contributed by atoms with E-state index in [0.717, 1.165) is 12.3 Å². The number of aromatic nitrogens is 2. The molecule has 0 unspecified atom stereocenters. The highest BCUT2D eigenvalue weighted by atomic mass is 35.5.